The number of hydrogen-bond donors (Lipinski definition) is 0. The van der Waals surface area contributed by atoms with Crippen LogP contribution in [0.3, 0.4) is 0 Å². The van der Waals surface area contributed by atoms with Crippen LogP contribution in [0.15, 0.2) is 0 Å². The van der Waals surface area contributed by atoms with E-state index < -0.39 is 0 Å². The molecule has 0 amide bonds. The number of ketones is 1. The van der Waals surface area contributed by atoms with Gasteiger partial charge in [0, 0.05) is 12.3 Å². The molecular formula is C14H28O. The van der Waals surface area contributed by atoms with E-state index in [-0.39, 0.29) is 0 Å². The van der Waals surface area contributed by atoms with Gasteiger partial charge < -0.3 is 0 Å². The van der Waals surface area contributed by atoms with Crippen molar-refractivity contribution in [2.45, 2.75) is 73.1 Å². The lowest BCUT2D eigenvalue weighted by molar-refractivity contribution is -0.123. The fraction of sp³-hybridized carbons (Fsp3) is 0.929. The minimum absolute atomic E-state index is 0.290. The van der Waals surface area contributed by atoms with Crippen molar-refractivity contribution in [1.82, 2.24) is 0 Å². The maximum atomic E-state index is 12.0. The summed E-state index contributed by atoms with van der Waals surface area (Å²) >= 11 is 0. The highest BCUT2D eigenvalue weighted by Gasteiger charge is 2.19. The predicted molar refractivity (Wildman–Crippen MR) is 67.0 cm³/mol. The first-order valence-electron chi connectivity index (χ1n) is 6.43. The molecule has 0 N–H and O–H groups in total. The Kier molecular flexibility index (Phi) is 6.87. The molecule has 0 saturated carbocycles. The van der Waals surface area contributed by atoms with Crippen molar-refractivity contribution in [3.63, 3.8) is 0 Å². The zero-order chi connectivity index (χ0) is 11.9. The molecule has 1 nitrogen and oxygen atoms in total. The van der Waals surface area contributed by atoms with Crippen LogP contribution in [0.2, 0.25) is 0 Å². The maximum Gasteiger partial charge on any atom is 0.135 e. The molecule has 0 heterocycles. The third kappa shape index (κ3) is 7.58. The van der Waals surface area contributed by atoms with E-state index in [1.165, 1.54) is 0 Å². The molecule has 0 fully saturated rings. The molecule has 1 heteroatoms. The van der Waals surface area contributed by atoms with Crippen LogP contribution < -0.4 is 0 Å². The van der Waals surface area contributed by atoms with Crippen LogP contribution >= 0.6 is 0 Å². The van der Waals surface area contributed by atoms with Gasteiger partial charge in [0.1, 0.15) is 5.78 Å². The number of rotatable bonds is 7. The van der Waals surface area contributed by atoms with Crippen molar-refractivity contribution < 1.29 is 4.79 Å². The second-order valence-electron chi connectivity index (χ2n) is 5.80. The van der Waals surface area contributed by atoms with Crippen LogP contribution in [0.4, 0.5) is 0 Å². The van der Waals surface area contributed by atoms with Crippen molar-refractivity contribution >= 4 is 5.78 Å². The summed E-state index contributed by atoms with van der Waals surface area (Å²) in [7, 11) is 0. The van der Waals surface area contributed by atoms with Crippen molar-refractivity contribution in [1.29, 1.82) is 0 Å². The lowest BCUT2D eigenvalue weighted by Crippen LogP contribution is -2.17. The average Bonchev–Trinajstić information content (AvgIpc) is 2.13. The Morgan fingerprint density at radius 3 is 1.87 bits per heavy atom. The van der Waals surface area contributed by atoms with Crippen LogP contribution in [-0.2, 0) is 4.79 Å². The lowest BCUT2D eigenvalue weighted by Gasteiger charge is -2.20. The Morgan fingerprint density at radius 2 is 1.53 bits per heavy atom. The topological polar surface area (TPSA) is 17.1 Å². The number of carbonyl (C=O) groups excluding carboxylic acids is 1. The average molecular weight is 212 g/mol. The van der Waals surface area contributed by atoms with E-state index >= 15 is 0 Å². The van der Waals surface area contributed by atoms with Gasteiger partial charge in [0.05, 0.1) is 0 Å². The highest BCUT2D eigenvalue weighted by molar-refractivity contribution is 5.80. The highest BCUT2D eigenvalue weighted by atomic mass is 16.1. The van der Waals surface area contributed by atoms with E-state index in [0.717, 1.165) is 38.5 Å². The van der Waals surface area contributed by atoms with E-state index in [9.17, 15) is 4.79 Å². The zero-order valence-corrected chi connectivity index (χ0v) is 11.2. The first-order valence-corrected chi connectivity index (χ1v) is 6.43. The van der Waals surface area contributed by atoms with Gasteiger partial charge in [0.25, 0.3) is 0 Å². The SMILES string of the molecule is CCCC(CCC)C(=O)CCC(C)(C)C. The quantitative estimate of drug-likeness (QED) is 0.603. The lowest BCUT2D eigenvalue weighted by atomic mass is 9.85. The number of Topliss-reactive ketones (excluding diaryl/α,β-unsaturated/α-hetero) is 1. The summed E-state index contributed by atoms with van der Waals surface area (Å²) in [6, 6.07) is 0. The summed E-state index contributed by atoms with van der Waals surface area (Å²) in [6.45, 7) is 10.9. The van der Waals surface area contributed by atoms with E-state index in [1.54, 1.807) is 0 Å². The molecule has 0 bridgehead atoms. The summed E-state index contributed by atoms with van der Waals surface area (Å²) in [4.78, 5) is 12.0. The molecule has 0 spiro atoms. The Morgan fingerprint density at radius 1 is 1.07 bits per heavy atom. The molecule has 0 aromatic carbocycles. The molecule has 0 radical (unpaired) electrons. The predicted octanol–water partition coefficient (Wildman–Crippen LogP) is 4.60. The Hall–Kier alpha value is -0.330. The summed E-state index contributed by atoms with van der Waals surface area (Å²) in [5, 5.41) is 0. The molecule has 0 aliphatic carbocycles. The highest BCUT2D eigenvalue weighted by Crippen LogP contribution is 2.24. The van der Waals surface area contributed by atoms with E-state index in [1.807, 2.05) is 0 Å². The minimum atomic E-state index is 0.290. The molecule has 90 valence electrons. The first kappa shape index (κ1) is 14.7. The van der Waals surface area contributed by atoms with Crippen molar-refractivity contribution in [3.05, 3.63) is 0 Å². The van der Waals surface area contributed by atoms with E-state index in [0.29, 0.717) is 17.1 Å². The second kappa shape index (κ2) is 7.03. The van der Waals surface area contributed by atoms with Crippen LogP contribution in [0.1, 0.15) is 73.1 Å². The molecule has 0 atom stereocenters. The van der Waals surface area contributed by atoms with Crippen LogP contribution in [0.25, 0.3) is 0 Å². The fourth-order valence-corrected chi connectivity index (χ4v) is 1.87. The van der Waals surface area contributed by atoms with Gasteiger partial charge in [-0.2, -0.15) is 0 Å². The molecule has 0 aliphatic rings. The summed E-state index contributed by atoms with van der Waals surface area (Å²) in [6.07, 6.45) is 6.22. The molecule has 15 heavy (non-hydrogen) atoms. The monoisotopic (exact) mass is 212 g/mol. The second-order valence-corrected chi connectivity index (χ2v) is 5.80. The molecule has 0 rings (SSSR count). The maximum absolute atomic E-state index is 12.0. The summed E-state index contributed by atoms with van der Waals surface area (Å²) < 4.78 is 0. The Balaban J connectivity index is 4.02. The van der Waals surface area contributed by atoms with Gasteiger partial charge in [0.2, 0.25) is 0 Å². The smallest absolute Gasteiger partial charge is 0.135 e. The third-order valence-electron chi connectivity index (χ3n) is 2.85. The zero-order valence-electron chi connectivity index (χ0n) is 11.2. The van der Waals surface area contributed by atoms with Crippen LogP contribution in [0, 0.1) is 11.3 Å². The van der Waals surface area contributed by atoms with Gasteiger partial charge >= 0.3 is 0 Å². The molecule has 0 aliphatic heterocycles. The van der Waals surface area contributed by atoms with Crippen molar-refractivity contribution in [3.8, 4) is 0 Å². The minimum Gasteiger partial charge on any atom is -0.299 e. The van der Waals surface area contributed by atoms with Crippen LogP contribution in [0.5, 0.6) is 0 Å². The van der Waals surface area contributed by atoms with E-state index in [2.05, 4.69) is 34.6 Å². The summed E-state index contributed by atoms with van der Waals surface area (Å²) in [5.74, 6) is 0.830. The number of hydrogen-bond acceptors (Lipinski definition) is 1. The Bertz CT molecular complexity index is 170. The normalized spacial score (nSPS) is 12.1. The van der Waals surface area contributed by atoms with Gasteiger partial charge in [-0.1, -0.05) is 47.5 Å². The molecular weight excluding hydrogens is 184 g/mol. The van der Waals surface area contributed by atoms with Crippen molar-refractivity contribution in [2.75, 3.05) is 0 Å². The first-order chi connectivity index (χ1) is 6.90. The molecule has 0 unspecified atom stereocenters. The van der Waals surface area contributed by atoms with Gasteiger partial charge in [-0.15, -0.1) is 0 Å². The third-order valence-corrected chi connectivity index (χ3v) is 2.85. The van der Waals surface area contributed by atoms with Gasteiger partial charge in [-0.05, 0) is 24.7 Å². The van der Waals surface area contributed by atoms with Crippen molar-refractivity contribution in [2.24, 2.45) is 11.3 Å². The van der Waals surface area contributed by atoms with Gasteiger partial charge in [0.15, 0.2) is 0 Å². The van der Waals surface area contributed by atoms with Gasteiger partial charge in [-0.3, -0.25) is 4.79 Å². The molecule has 0 aromatic heterocycles. The largest absolute Gasteiger partial charge is 0.299 e. The fourth-order valence-electron chi connectivity index (χ4n) is 1.87. The summed E-state index contributed by atoms with van der Waals surface area (Å²) in [5.41, 5.74) is 0.290. The standard InChI is InChI=1S/C14H28O/c1-6-8-12(9-7-2)13(15)10-11-14(3,4)5/h12H,6-11H2,1-5H3. The Labute approximate surface area is 95.6 Å². The number of carbonyl (C=O) groups is 1. The van der Waals surface area contributed by atoms with Crippen LogP contribution in [-0.4, -0.2) is 5.78 Å². The van der Waals surface area contributed by atoms with Gasteiger partial charge in [-0.25, -0.2) is 0 Å². The molecule has 0 saturated heterocycles. The van der Waals surface area contributed by atoms with E-state index in [4.69, 9.17) is 0 Å². The molecule has 0 aromatic rings.